The van der Waals surface area contributed by atoms with Crippen LogP contribution >= 0.6 is 0 Å². The molecule has 14 heteroatoms. The van der Waals surface area contributed by atoms with E-state index in [-0.39, 0.29) is 48.8 Å². The summed E-state index contributed by atoms with van der Waals surface area (Å²) in [7, 11) is -0.785. The fourth-order valence-electron chi connectivity index (χ4n) is 8.28. The average molecular weight is 818 g/mol. The zero-order chi connectivity index (χ0) is 42.2. The lowest BCUT2D eigenvalue weighted by Crippen LogP contribution is -2.54. The van der Waals surface area contributed by atoms with E-state index in [2.05, 4.69) is 80.1 Å². The van der Waals surface area contributed by atoms with Crippen molar-refractivity contribution in [2.45, 2.75) is 104 Å². The molecule has 2 aliphatic rings. The minimum atomic E-state index is -2.30. The first kappa shape index (κ1) is 43.0. The van der Waals surface area contributed by atoms with Crippen molar-refractivity contribution in [3.63, 3.8) is 0 Å². The predicted molar refractivity (Wildman–Crippen MR) is 225 cm³/mol. The topological polar surface area (TPSA) is 117 Å². The Kier molecular flexibility index (Phi) is 12.6. The summed E-state index contributed by atoms with van der Waals surface area (Å²) in [4.78, 5) is 28.6. The van der Waals surface area contributed by atoms with Crippen LogP contribution in [0.4, 0.5) is 19.4 Å². The number of aromatic nitrogens is 3. The predicted octanol–water partition coefficient (Wildman–Crippen LogP) is 9.19. The maximum atomic E-state index is 17.4. The van der Waals surface area contributed by atoms with Gasteiger partial charge in [-0.25, -0.2) is 23.5 Å². The highest BCUT2D eigenvalue weighted by molar-refractivity contribution is 6.90. The third-order valence-corrected chi connectivity index (χ3v) is 17.8. The van der Waals surface area contributed by atoms with Gasteiger partial charge in [-0.1, -0.05) is 53.5 Å². The molecule has 2 aliphatic heterocycles. The molecule has 4 heterocycles. The summed E-state index contributed by atoms with van der Waals surface area (Å²) in [5.74, 6) is 3.01. The van der Waals surface area contributed by atoms with E-state index in [1.807, 2.05) is 0 Å². The van der Waals surface area contributed by atoms with Gasteiger partial charge < -0.3 is 33.9 Å². The molecule has 2 aromatic carbocycles. The molecule has 0 saturated carbocycles. The molecule has 2 aromatic heterocycles. The minimum Gasteiger partial charge on any atom is -0.468 e. The highest BCUT2D eigenvalue weighted by Crippen LogP contribution is 2.43. The van der Waals surface area contributed by atoms with E-state index in [1.165, 1.54) is 19.4 Å². The Labute approximate surface area is 341 Å². The molecule has 6 rings (SSSR count). The number of carbonyl (C=O) groups excluding carboxylic acids is 1. The van der Waals surface area contributed by atoms with Crippen LogP contribution in [0.3, 0.4) is 0 Å². The second-order valence-electron chi connectivity index (χ2n) is 17.7. The zero-order valence-electron chi connectivity index (χ0n) is 35.6. The number of halogens is 2. The van der Waals surface area contributed by atoms with Gasteiger partial charge in [-0.2, -0.15) is 4.98 Å². The molecule has 0 unspecified atom stereocenters. The monoisotopic (exact) mass is 817 g/mol. The first-order valence-corrected chi connectivity index (χ1v) is 22.3. The second kappa shape index (κ2) is 17.0. The molecule has 312 valence electrons. The van der Waals surface area contributed by atoms with Crippen LogP contribution in [0, 0.1) is 28.5 Å². The molecule has 4 aromatic rings. The maximum Gasteiger partial charge on any atom is 0.407 e. The highest BCUT2D eigenvalue weighted by Gasteiger charge is 2.42. The van der Waals surface area contributed by atoms with Crippen molar-refractivity contribution in [3.8, 4) is 34.5 Å². The van der Waals surface area contributed by atoms with E-state index in [9.17, 15) is 4.79 Å². The smallest absolute Gasteiger partial charge is 0.407 e. The van der Waals surface area contributed by atoms with Crippen LogP contribution in [0.15, 0.2) is 30.5 Å². The summed E-state index contributed by atoms with van der Waals surface area (Å²) in [6.45, 7) is 22.4. The van der Waals surface area contributed by atoms with Gasteiger partial charge in [-0.05, 0) is 74.3 Å². The number of nitrogens with one attached hydrogen (secondary N) is 1. The molecule has 0 aliphatic carbocycles. The van der Waals surface area contributed by atoms with Crippen LogP contribution in [-0.4, -0.2) is 87.6 Å². The van der Waals surface area contributed by atoms with Crippen molar-refractivity contribution in [2.24, 2.45) is 5.41 Å². The number of anilines is 1. The zero-order valence-corrected chi connectivity index (χ0v) is 36.6. The number of hydrogen-bond acceptors (Lipinski definition) is 10. The Morgan fingerprint density at radius 2 is 1.78 bits per heavy atom. The number of nitrogens with zero attached hydrogens (tertiary/aromatic N) is 4. The molecule has 0 spiro atoms. The Bertz CT molecular complexity index is 2210. The summed E-state index contributed by atoms with van der Waals surface area (Å²) in [6.07, 6.45) is 1.91. The molecule has 0 radical (unpaired) electrons. The number of fused-ring (bicyclic) bond motifs is 2. The van der Waals surface area contributed by atoms with Crippen LogP contribution in [0.2, 0.25) is 16.6 Å². The Balaban J connectivity index is 1.50. The number of pyridine rings is 1. The van der Waals surface area contributed by atoms with Gasteiger partial charge in [-0.3, -0.25) is 0 Å². The first-order valence-electron chi connectivity index (χ1n) is 20.1. The SMILES string of the molecule is COCOc1cc(-c2nc(N3CC[C@@H]3C)c3cnc(OCC4(CNC(=O)OC(C)(C)C)COC4)nc3c2F)c2c(C#C[Si](C(C)C)(C(C)C)C(C)C)c(F)ccc2c1. The van der Waals surface area contributed by atoms with Crippen LogP contribution in [0.5, 0.6) is 11.8 Å². The van der Waals surface area contributed by atoms with Gasteiger partial charge in [0.2, 0.25) is 0 Å². The number of ether oxygens (including phenoxy) is 5. The molecule has 2 fully saturated rings. The fourth-order valence-corrected chi connectivity index (χ4v) is 13.5. The lowest BCUT2D eigenvalue weighted by atomic mass is 9.87. The average Bonchev–Trinajstić information content (AvgIpc) is 3.13. The van der Waals surface area contributed by atoms with E-state index in [0.29, 0.717) is 69.7 Å². The van der Waals surface area contributed by atoms with Crippen LogP contribution in [0.25, 0.3) is 32.9 Å². The van der Waals surface area contributed by atoms with Crippen molar-refractivity contribution in [1.82, 2.24) is 20.3 Å². The fraction of sp³-hybridized carbons (Fsp3) is 0.545. The summed E-state index contributed by atoms with van der Waals surface area (Å²) in [5.41, 5.74) is 3.88. The number of hydrogen-bond donors (Lipinski definition) is 1. The summed E-state index contributed by atoms with van der Waals surface area (Å²) in [5, 5.41) is 4.26. The number of amides is 1. The quantitative estimate of drug-likeness (QED) is 0.0796. The van der Waals surface area contributed by atoms with E-state index in [1.54, 1.807) is 39.0 Å². The maximum absolute atomic E-state index is 17.4. The summed E-state index contributed by atoms with van der Waals surface area (Å²) < 4.78 is 61.9. The van der Waals surface area contributed by atoms with Crippen molar-refractivity contribution in [1.29, 1.82) is 0 Å². The summed E-state index contributed by atoms with van der Waals surface area (Å²) >= 11 is 0. The van der Waals surface area contributed by atoms with Gasteiger partial charge in [0, 0.05) is 43.4 Å². The van der Waals surface area contributed by atoms with E-state index < -0.39 is 36.8 Å². The number of benzene rings is 2. The van der Waals surface area contributed by atoms with E-state index in [0.717, 1.165) is 6.42 Å². The van der Waals surface area contributed by atoms with E-state index >= 15 is 8.78 Å². The minimum absolute atomic E-state index is 0.00105. The number of methoxy groups -OCH3 is 1. The van der Waals surface area contributed by atoms with Crippen molar-refractivity contribution in [2.75, 3.05) is 51.7 Å². The Morgan fingerprint density at radius 1 is 1.07 bits per heavy atom. The second-order valence-corrected chi connectivity index (χ2v) is 23.3. The molecule has 1 amide bonds. The highest BCUT2D eigenvalue weighted by atomic mass is 28.3. The van der Waals surface area contributed by atoms with Gasteiger partial charge in [0.1, 0.15) is 48.9 Å². The Morgan fingerprint density at radius 3 is 2.34 bits per heavy atom. The third-order valence-electron chi connectivity index (χ3n) is 11.5. The lowest BCUT2D eigenvalue weighted by molar-refractivity contribution is -0.130. The third kappa shape index (κ3) is 8.58. The molecule has 11 nitrogen and oxygen atoms in total. The van der Waals surface area contributed by atoms with Crippen molar-refractivity contribution < 1.29 is 37.3 Å². The molecular formula is C44H57F2N5O6Si. The normalized spacial score (nSPS) is 16.6. The van der Waals surface area contributed by atoms with Gasteiger partial charge in [0.15, 0.2) is 12.6 Å². The molecule has 1 N–H and O–H groups in total. The van der Waals surface area contributed by atoms with Gasteiger partial charge in [-0.15, -0.1) is 5.54 Å². The number of rotatable bonds is 13. The van der Waals surface area contributed by atoms with Crippen LogP contribution in [-0.2, 0) is 14.2 Å². The standard InChI is InChI=1S/C44H57F2N5O6Si/c1-26(2)58(27(3)4,28(5)6)17-15-32-35(45)13-12-30-18-31(56-25-53-11)19-33(36(30)32)38-37(46)39-34(40(49-38)51-16-14-29(51)7)20-47-41(50-39)55-24-44(22-54-23-44)21-48-42(52)57-43(8,9)10/h12-13,18-20,26-29H,14,16,21-25H2,1-11H3,(H,48,52)/t29-/m0/s1. The Hall–Kier alpha value is -4.58. The van der Waals surface area contributed by atoms with Crippen LogP contribution in [0.1, 0.15) is 81.2 Å². The molecule has 2 saturated heterocycles. The molecular weight excluding hydrogens is 761 g/mol. The number of alkyl carbamates (subject to hydrolysis) is 1. The molecule has 58 heavy (non-hydrogen) atoms. The lowest BCUT2D eigenvalue weighted by Gasteiger charge is -2.41. The summed E-state index contributed by atoms with van der Waals surface area (Å²) in [6, 6.07) is 6.59. The van der Waals surface area contributed by atoms with Crippen LogP contribution < -0.4 is 19.7 Å². The first-order chi connectivity index (χ1) is 27.4. The van der Waals surface area contributed by atoms with Gasteiger partial charge >= 0.3 is 12.1 Å². The molecule has 1 atom stereocenters. The molecule has 0 bridgehead atoms. The van der Waals surface area contributed by atoms with Gasteiger partial charge in [0.05, 0.1) is 29.6 Å². The van der Waals surface area contributed by atoms with Crippen molar-refractivity contribution in [3.05, 3.63) is 47.7 Å². The van der Waals surface area contributed by atoms with Gasteiger partial charge in [0.25, 0.3) is 0 Å². The largest absolute Gasteiger partial charge is 0.468 e. The van der Waals surface area contributed by atoms with E-state index in [4.69, 9.17) is 28.7 Å². The number of carbonyl (C=O) groups is 1. The van der Waals surface area contributed by atoms with Crippen molar-refractivity contribution >= 4 is 41.7 Å².